The number of nitrogens with zero attached hydrogens (tertiary/aromatic N) is 3. The van der Waals surface area contributed by atoms with E-state index >= 15 is 0 Å². The average Bonchev–Trinajstić information content (AvgIpc) is 2.94. The van der Waals surface area contributed by atoms with E-state index in [2.05, 4.69) is 21.8 Å². The molecule has 1 aromatic carbocycles. The van der Waals surface area contributed by atoms with Gasteiger partial charge in [0, 0.05) is 18.5 Å². The van der Waals surface area contributed by atoms with Crippen molar-refractivity contribution in [1.82, 2.24) is 9.97 Å². The Kier molecular flexibility index (Phi) is 3.26. The number of carboxylic acids is 1. The first-order chi connectivity index (χ1) is 9.69. The third-order valence-electron chi connectivity index (χ3n) is 3.94. The van der Waals surface area contributed by atoms with E-state index in [-0.39, 0.29) is 5.82 Å². The molecule has 0 amide bonds. The maximum atomic E-state index is 11.2. The molecule has 0 radical (unpaired) electrons. The molecule has 1 aromatic heterocycles. The van der Waals surface area contributed by atoms with E-state index in [1.54, 1.807) is 0 Å². The van der Waals surface area contributed by atoms with Gasteiger partial charge in [-0.3, -0.25) is 0 Å². The SMILES string of the molecule is CCC1CCN(c2nc(C(=O)O)nc3ccccc23)C1. The van der Waals surface area contributed by atoms with Crippen LogP contribution in [0.3, 0.4) is 0 Å². The second kappa shape index (κ2) is 5.07. The van der Waals surface area contributed by atoms with Gasteiger partial charge in [0.15, 0.2) is 0 Å². The molecule has 1 N–H and O–H groups in total. The van der Waals surface area contributed by atoms with Crippen molar-refractivity contribution in [3.05, 3.63) is 30.1 Å². The zero-order valence-corrected chi connectivity index (χ0v) is 11.4. The Morgan fingerprint density at radius 3 is 2.90 bits per heavy atom. The van der Waals surface area contributed by atoms with E-state index in [9.17, 15) is 4.79 Å². The Hall–Kier alpha value is -2.17. The number of rotatable bonds is 3. The number of aromatic nitrogens is 2. The zero-order valence-electron chi connectivity index (χ0n) is 11.4. The van der Waals surface area contributed by atoms with Gasteiger partial charge >= 0.3 is 5.97 Å². The maximum absolute atomic E-state index is 11.2. The Labute approximate surface area is 117 Å². The van der Waals surface area contributed by atoms with Crippen molar-refractivity contribution < 1.29 is 9.90 Å². The molecule has 2 aromatic rings. The molecule has 0 aliphatic carbocycles. The van der Waals surface area contributed by atoms with E-state index in [4.69, 9.17) is 5.11 Å². The molecule has 1 aliphatic heterocycles. The van der Waals surface area contributed by atoms with Crippen molar-refractivity contribution in [1.29, 1.82) is 0 Å². The maximum Gasteiger partial charge on any atom is 0.374 e. The van der Waals surface area contributed by atoms with E-state index in [1.807, 2.05) is 24.3 Å². The summed E-state index contributed by atoms with van der Waals surface area (Å²) in [7, 11) is 0. The first kappa shape index (κ1) is 12.8. The van der Waals surface area contributed by atoms with Crippen molar-refractivity contribution in [2.45, 2.75) is 19.8 Å². The van der Waals surface area contributed by atoms with Crippen LogP contribution in [-0.2, 0) is 0 Å². The minimum atomic E-state index is -1.08. The highest BCUT2D eigenvalue weighted by atomic mass is 16.4. The Balaban J connectivity index is 2.10. The third-order valence-corrected chi connectivity index (χ3v) is 3.94. The largest absolute Gasteiger partial charge is 0.475 e. The fraction of sp³-hybridized carbons (Fsp3) is 0.400. The second-order valence-corrected chi connectivity index (χ2v) is 5.20. The Bertz CT molecular complexity index is 657. The summed E-state index contributed by atoms with van der Waals surface area (Å²) in [5.74, 6) is 0.211. The third kappa shape index (κ3) is 2.19. The highest BCUT2D eigenvalue weighted by Crippen LogP contribution is 2.29. The summed E-state index contributed by atoms with van der Waals surface area (Å²) in [6, 6.07) is 7.59. The molecule has 1 unspecified atom stereocenters. The van der Waals surface area contributed by atoms with Gasteiger partial charge < -0.3 is 10.0 Å². The lowest BCUT2D eigenvalue weighted by molar-refractivity contribution is 0.0684. The van der Waals surface area contributed by atoms with Gasteiger partial charge in [-0.1, -0.05) is 25.5 Å². The van der Waals surface area contributed by atoms with Gasteiger partial charge in [0.1, 0.15) is 5.82 Å². The number of hydrogen-bond donors (Lipinski definition) is 1. The van der Waals surface area contributed by atoms with Gasteiger partial charge in [-0.2, -0.15) is 0 Å². The monoisotopic (exact) mass is 271 g/mol. The van der Waals surface area contributed by atoms with Gasteiger partial charge in [-0.05, 0) is 24.5 Å². The Morgan fingerprint density at radius 2 is 2.20 bits per heavy atom. The minimum absolute atomic E-state index is 0.126. The van der Waals surface area contributed by atoms with Crippen molar-refractivity contribution in [2.75, 3.05) is 18.0 Å². The summed E-state index contributed by atoms with van der Waals surface area (Å²) in [4.78, 5) is 21.7. The molecular formula is C15H17N3O2. The highest BCUT2D eigenvalue weighted by molar-refractivity contribution is 5.93. The Morgan fingerprint density at radius 1 is 1.40 bits per heavy atom. The lowest BCUT2D eigenvalue weighted by atomic mass is 10.1. The standard InChI is InChI=1S/C15H17N3O2/c1-2-10-7-8-18(9-10)14-11-5-3-4-6-12(11)16-13(17-14)15(19)20/h3-6,10H,2,7-9H2,1H3,(H,19,20). The number of benzene rings is 1. The summed E-state index contributed by atoms with van der Waals surface area (Å²) < 4.78 is 0. The second-order valence-electron chi connectivity index (χ2n) is 5.20. The quantitative estimate of drug-likeness (QED) is 0.929. The lowest BCUT2D eigenvalue weighted by Crippen LogP contribution is -2.22. The normalized spacial score (nSPS) is 18.6. The molecule has 0 spiro atoms. The van der Waals surface area contributed by atoms with Crippen LogP contribution >= 0.6 is 0 Å². The number of fused-ring (bicyclic) bond motifs is 1. The zero-order chi connectivity index (χ0) is 14.1. The van der Waals surface area contributed by atoms with Crippen LogP contribution in [0.4, 0.5) is 5.82 Å². The minimum Gasteiger partial charge on any atom is -0.475 e. The highest BCUT2D eigenvalue weighted by Gasteiger charge is 2.25. The number of carboxylic acid groups (broad SMARTS) is 1. The lowest BCUT2D eigenvalue weighted by Gasteiger charge is -2.19. The van der Waals surface area contributed by atoms with Crippen LogP contribution in [0.25, 0.3) is 10.9 Å². The van der Waals surface area contributed by atoms with E-state index < -0.39 is 5.97 Å². The molecule has 0 saturated carbocycles. The van der Waals surface area contributed by atoms with Crippen LogP contribution < -0.4 is 4.90 Å². The van der Waals surface area contributed by atoms with Crippen LogP contribution in [0.5, 0.6) is 0 Å². The fourth-order valence-electron chi connectivity index (χ4n) is 2.75. The van der Waals surface area contributed by atoms with Crippen molar-refractivity contribution in [3.63, 3.8) is 0 Å². The van der Waals surface area contributed by atoms with E-state index in [1.165, 1.54) is 0 Å². The molecule has 3 rings (SSSR count). The van der Waals surface area contributed by atoms with Gasteiger partial charge in [-0.25, -0.2) is 14.8 Å². The molecule has 20 heavy (non-hydrogen) atoms. The summed E-state index contributed by atoms with van der Waals surface area (Å²) in [6.07, 6.45) is 2.28. The van der Waals surface area contributed by atoms with Gasteiger partial charge in [0.25, 0.3) is 0 Å². The number of anilines is 1. The molecule has 0 bridgehead atoms. The number of hydrogen-bond acceptors (Lipinski definition) is 4. The van der Waals surface area contributed by atoms with Gasteiger partial charge in [0.2, 0.25) is 5.82 Å². The molecular weight excluding hydrogens is 254 g/mol. The topological polar surface area (TPSA) is 66.3 Å². The summed E-state index contributed by atoms with van der Waals surface area (Å²) in [5.41, 5.74) is 0.690. The van der Waals surface area contributed by atoms with Crippen LogP contribution in [-0.4, -0.2) is 34.1 Å². The average molecular weight is 271 g/mol. The smallest absolute Gasteiger partial charge is 0.374 e. The molecule has 104 valence electrons. The molecule has 5 nitrogen and oxygen atoms in total. The molecule has 1 aliphatic rings. The van der Waals surface area contributed by atoms with Gasteiger partial charge in [0.05, 0.1) is 5.52 Å². The van der Waals surface area contributed by atoms with Crippen molar-refractivity contribution >= 4 is 22.7 Å². The summed E-state index contributed by atoms with van der Waals surface area (Å²) in [5, 5.41) is 10.1. The molecule has 5 heteroatoms. The first-order valence-electron chi connectivity index (χ1n) is 6.94. The number of carbonyl (C=O) groups is 1. The predicted molar refractivity (Wildman–Crippen MR) is 77.1 cm³/mol. The summed E-state index contributed by atoms with van der Waals surface area (Å²) >= 11 is 0. The molecule has 2 heterocycles. The van der Waals surface area contributed by atoms with Gasteiger partial charge in [-0.15, -0.1) is 0 Å². The molecule has 1 fully saturated rings. The number of para-hydroxylation sites is 1. The van der Waals surface area contributed by atoms with Crippen LogP contribution in [0.15, 0.2) is 24.3 Å². The van der Waals surface area contributed by atoms with Crippen molar-refractivity contribution in [3.8, 4) is 0 Å². The fourth-order valence-corrected chi connectivity index (χ4v) is 2.75. The molecule has 1 atom stereocenters. The van der Waals surface area contributed by atoms with Crippen LogP contribution in [0, 0.1) is 5.92 Å². The molecule has 1 saturated heterocycles. The first-order valence-corrected chi connectivity index (χ1v) is 6.94. The number of aromatic carboxylic acids is 1. The van der Waals surface area contributed by atoms with Crippen LogP contribution in [0.1, 0.15) is 30.4 Å². The van der Waals surface area contributed by atoms with E-state index in [0.717, 1.165) is 37.1 Å². The summed E-state index contributed by atoms with van der Waals surface area (Å²) in [6.45, 7) is 4.06. The van der Waals surface area contributed by atoms with Crippen molar-refractivity contribution in [2.24, 2.45) is 5.92 Å². The van der Waals surface area contributed by atoms with E-state index in [0.29, 0.717) is 11.4 Å². The van der Waals surface area contributed by atoms with Crippen LogP contribution in [0.2, 0.25) is 0 Å². The predicted octanol–water partition coefficient (Wildman–Crippen LogP) is 2.56.